The van der Waals surface area contributed by atoms with Crippen LogP contribution in [0, 0.1) is 68.0 Å². The maximum Gasteiger partial charge on any atom is 0.310 e. The number of carboxylic acid groups (broad SMARTS) is 1. The van der Waals surface area contributed by atoms with E-state index >= 15 is 0 Å². The Morgan fingerprint density at radius 1 is 0.950 bits per heavy atom. The van der Waals surface area contributed by atoms with Crippen molar-refractivity contribution in [2.75, 3.05) is 26.4 Å². The molecule has 4 saturated carbocycles. The standard InChI is InChI=1S/C45H69N3O12/c1-40(20-50)10-12-45(39(57)58)13-11-42(3)26(28(45)16-40)6-7-32-43(42,4)9-8-31-41(2,21-51)36(60-38-35(55)34(54)30(52)19-59-38)33(53)27(44(31,32)5)15-24-25(18-49)37(56)48-29(24)14-23-17-46-22-47-23/h6,17,22,24-25,27-36,38,49-55H,7-16,18-21H2,1-5H3,(H,46,47)(H,48,56)(H,57,58)/t24-,25-,27-,28+,29+,30-,31-,32+,33-,34+,35-,36-,38+,40+,41+,42-,43-,44+,45+/m1/s1. The zero-order chi connectivity index (χ0) is 43.4. The molecule has 6 fully saturated rings. The van der Waals surface area contributed by atoms with E-state index in [4.69, 9.17) is 9.47 Å². The van der Waals surface area contributed by atoms with Crippen molar-refractivity contribution in [3.63, 3.8) is 0 Å². The number of aromatic nitrogens is 2. The fourth-order valence-electron chi connectivity index (χ4n) is 15.1. The maximum atomic E-state index is 13.6. The second kappa shape index (κ2) is 15.4. The molecule has 336 valence electrons. The molecule has 0 radical (unpaired) electrons. The average Bonchev–Trinajstić information content (AvgIpc) is 3.84. The van der Waals surface area contributed by atoms with Gasteiger partial charge in [-0.25, -0.2) is 4.98 Å². The lowest BCUT2D eigenvalue weighted by molar-refractivity contribution is -0.340. The molecule has 5 aliphatic carbocycles. The average molecular weight is 844 g/mol. The number of aromatic amines is 1. The number of H-pyrrole nitrogens is 1. The van der Waals surface area contributed by atoms with Gasteiger partial charge < -0.3 is 60.6 Å². The molecule has 0 bridgehead atoms. The van der Waals surface area contributed by atoms with Gasteiger partial charge in [0.1, 0.15) is 18.3 Å². The minimum Gasteiger partial charge on any atom is -0.481 e. The Morgan fingerprint density at radius 2 is 1.68 bits per heavy atom. The molecular weight excluding hydrogens is 775 g/mol. The summed E-state index contributed by atoms with van der Waals surface area (Å²) >= 11 is 0. The molecule has 10 N–H and O–H groups in total. The number of ether oxygens (including phenoxy) is 2. The highest BCUT2D eigenvalue weighted by atomic mass is 16.7. The molecule has 7 aliphatic rings. The zero-order valence-electron chi connectivity index (χ0n) is 35.8. The topological polar surface area (TPSA) is 255 Å². The number of carboxylic acids is 1. The molecule has 15 heteroatoms. The van der Waals surface area contributed by atoms with Crippen LogP contribution < -0.4 is 5.32 Å². The van der Waals surface area contributed by atoms with Crippen LogP contribution in [-0.4, -0.2) is 132 Å². The number of carbonyl (C=O) groups excluding carboxylic acids is 1. The van der Waals surface area contributed by atoms with E-state index in [1.807, 2.05) is 6.92 Å². The summed E-state index contributed by atoms with van der Waals surface area (Å²) in [5, 5.41) is 92.0. The first-order chi connectivity index (χ1) is 28.3. The molecule has 0 unspecified atom stereocenters. The van der Waals surface area contributed by atoms with Gasteiger partial charge in [0, 0.05) is 36.4 Å². The smallest absolute Gasteiger partial charge is 0.310 e. The molecule has 1 amide bonds. The molecular formula is C45H69N3O12. The molecule has 0 aromatic carbocycles. The second-order valence-electron chi connectivity index (χ2n) is 21.5. The summed E-state index contributed by atoms with van der Waals surface area (Å²) < 4.78 is 12.3. The number of fused-ring (bicyclic) bond motifs is 7. The molecule has 0 spiro atoms. The van der Waals surface area contributed by atoms with Crippen LogP contribution in [0.3, 0.4) is 0 Å². The van der Waals surface area contributed by atoms with Crippen LogP contribution in [0.1, 0.15) is 98.1 Å². The lowest BCUT2D eigenvalue weighted by atomic mass is 9.31. The summed E-state index contributed by atoms with van der Waals surface area (Å²) in [5.74, 6) is -3.36. The van der Waals surface area contributed by atoms with Crippen molar-refractivity contribution in [1.29, 1.82) is 0 Å². The number of aliphatic carboxylic acids is 1. The number of amides is 1. The van der Waals surface area contributed by atoms with Crippen LogP contribution in [0.25, 0.3) is 0 Å². The summed E-state index contributed by atoms with van der Waals surface area (Å²) in [4.78, 5) is 34.2. The summed E-state index contributed by atoms with van der Waals surface area (Å²) in [6.45, 7) is 9.77. The molecule has 1 aromatic rings. The molecule has 2 aliphatic heterocycles. The van der Waals surface area contributed by atoms with Gasteiger partial charge in [0.15, 0.2) is 6.29 Å². The molecule has 60 heavy (non-hydrogen) atoms. The number of nitrogens with one attached hydrogen (secondary N) is 2. The highest BCUT2D eigenvalue weighted by Crippen LogP contribution is 2.77. The van der Waals surface area contributed by atoms with Gasteiger partial charge in [-0.15, -0.1) is 0 Å². The Hall–Kier alpha value is -2.47. The summed E-state index contributed by atoms with van der Waals surface area (Å²) in [7, 11) is 0. The fourth-order valence-corrected chi connectivity index (χ4v) is 15.1. The van der Waals surface area contributed by atoms with Crippen molar-refractivity contribution in [2.45, 2.75) is 142 Å². The van der Waals surface area contributed by atoms with Crippen molar-refractivity contribution in [3.8, 4) is 0 Å². The minimum atomic E-state index is -1.63. The van der Waals surface area contributed by atoms with Gasteiger partial charge in [0.2, 0.25) is 5.91 Å². The molecule has 1 aromatic heterocycles. The SMILES string of the molecule is C[C@]1(CO)CC[C@]2(C(=O)O)CC[C@]3(C)C(=CC[C@@H]4[C@@]5(C)[C@H](C[C@H]6[C@H](Cc7cnc[nH]7)NC(=O)[C@@H]6CO)[C@@H](O)[C@@H](O[C@@H]6OC[C@@H](O)[C@H](O)[C@H]6O)[C@@](C)(CO)[C@H]5CC[C@]43C)[C@@H]2C1. The Balaban J connectivity index is 1.24. The third-order valence-corrected chi connectivity index (χ3v) is 18.9. The highest BCUT2D eigenvalue weighted by molar-refractivity contribution is 5.82. The molecule has 19 atom stereocenters. The van der Waals surface area contributed by atoms with Gasteiger partial charge in [0.25, 0.3) is 0 Å². The van der Waals surface area contributed by atoms with E-state index in [1.165, 1.54) is 5.57 Å². The van der Waals surface area contributed by atoms with Gasteiger partial charge in [0.05, 0.1) is 49.7 Å². The van der Waals surface area contributed by atoms with Crippen LogP contribution in [0.15, 0.2) is 24.2 Å². The van der Waals surface area contributed by atoms with Crippen LogP contribution >= 0.6 is 0 Å². The van der Waals surface area contributed by atoms with E-state index in [1.54, 1.807) is 12.5 Å². The second-order valence-corrected chi connectivity index (χ2v) is 21.5. The Kier molecular flexibility index (Phi) is 11.3. The van der Waals surface area contributed by atoms with Crippen molar-refractivity contribution in [3.05, 3.63) is 29.9 Å². The predicted molar refractivity (Wildman–Crippen MR) is 215 cm³/mol. The third-order valence-electron chi connectivity index (χ3n) is 18.9. The molecule has 3 heterocycles. The predicted octanol–water partition coefficient (Wildman–Crippen LogP) is 1.92. The summed E-state index contributed by atoms with van der Waals surface area (Å²) in [6.07, 6.45) is 2.95. The monoisotopic (exact) mass is 843 g/mol. The first kappa shape index (κ1) is 44.1. The van der Waals surface area contributed by atoms with E-state index in [0.717, 1.165) is 12.1 Å². The van der Waals surface area contributed by atoms with Crippen LogP contribution in [0.5, 0.6) is 0 Å². The first-order valence-electron chi connectivity index (χ1n) is 22.3. The summed E-state index contributed by atoms with van der Waals surface area (Å²) in [5.41, 5.74) is -1.93. The van der Waals surface area contributed by atoms with Crippen molar-refractivity contribution in [2.24, 2.45) is 68.0 Å². The normalized spacial score (nSPS) is 51.4. The highest BCUT2D eigenvalue weighted by Gasteiger charge is 2.73. The number of hydrogen-bond donors (Lipinski definition) is 10. The van der Waals surface area contributed by atoms with Gasteiger partial charge in [-0.05, 0) is 109 Å². The lowest BCUT2D eigenvalue weighted by Crippen LogP contribution is -2.72. The molecule has 2 saturated heterocycles. The first-order valence-corrected chi connectivity index (χ1v) is 22.3. The van der Waals surface area contributed by atoms with E-state index < -0.39 is 93.6 Å². The van der Waals surface area contributed by atoms with Crippen LogP contribution in [0.2, 0.25) is 0 Å². The van der Waals surface area contributed by atoms with Crippen molar-refractivity contribution < 1.29 is 59.9 Å². The number of aliphatic hydroxyl groups excluding tert-OH is 7. The Bertz CT molecular complexity index is 1810. The van der Waals surface area contributed by atoms with E-state index in [-0.39, 0.29) is 55.5 Å². The maximum absolute atomic E-state index is 13.6. The largest absolute Gasteiger partial charge is 0.481 e. The minimum absolute atomic E-state index is 0.0113. The number of imidazole rings is 1. The van der Waals surface area contributed by atoms with E-state index in [2.05, 4.69) is 49.1 Å². The summed E-state index contributed by atoms with van der Waals surface area (Å²) in [6, 6.07) is -0.394. The van der Waals surface area contributed by atoms with Gasteiger partial charge in [-0.2, -0.15) is 0 Å². The van der Waals surface area contributed by atoms with Gasteiger partial charge >= 0.3 is 5.97 Å². The van der Waals surface area contributed by atoms with E-state index in [0.29, 0.717) is 57.8 Å². The lowest BCUT2D eigenvalue weighted by Gasteiger charge is -2.73. The molecule has 8 rings (SSSR count). The number of nitrogens with zero attached hydrogens (tertiary/aromatic N) is 1. The van der Waals surface area contributed by atoms with Crippen LogP contribution in [0.4, 0.5) is 0 Å². The fraction of sp³-hybridized carbons (Fsp3) is 0.844. The number of hydrogen-bond acceptors (Lipinski definition) is 12. The third kappa shape index (κ3) is 6.25. The quantitative estimate of drug-likeness (QED) is 0.120. The Labute approximate surface area is 352 Å². The number of carbonyl (C=O) groups is 2. The zero-order valence-corrected chi connectivity index (χ0v) is 35.8. The van der Waals surface area contributed by atoms with Gasteiger partial charge in [-0.1, -0.05) is 46.3 Å². The van der Waals surface area contributed by atoms with Crippen LogP contribution in [-0.2, 0) is 25.5 Å². The molecule has 15 nitrogen and oxygen atoms in total. The number of rotatable bonds is 10. The van der Waals surface area contributed by atoms with Gasteiger partial charge in [-0.3, -0.25) is 9.59 Å². The van der Waals surface area contributed by atoms with Crippen molar-refractivity contribution in [1.82, 2.24) is 15.3 Å². The van der Waals surface area contributed by atoms with E-state index in [9.17, 15) is 50.4 Å². The number of aliphatic hydroxyl groups is 7. The van der Waals surface area contributed by atoms with Crippen molar-refractivity contribution >= 4 is 11.9 Å². The number of allylic oxidation sites excluding steroid dienone is 2. The Morgan fingerprint density at radius 3 is 2.33 bits per heavy atom.